The van der Waals surface area contributed by atoms with Crippen LogP contribution in [0, 0.1) is 17.0 Å². The summed E-state index contributed by atoms with van der Waals surface area (Å²) in [5.74, 6) is 0.485. The van der Waals surface area contributed by atoms with Gasteiger partial charge in [-0.15, -0.1) is 0 Å². The second-order valence-electron chi connectivity index (χ2n) is 6.09. The van der Waals surface area contributed by atoms with Crippen LogP contribution in [-0.2, 0) is 4.79 Å². The minimum atomic E-state index is -0.503. The molecule has 0 aromatic heterocycles. The summed E-state index contributed by atoms with van der Waals surface area (Å²) in [6.45, 7) is 5.86. The van der Waals surface area contributed by atoms with Crippen LogP contribution in [0.1, 0.15) is 36.5 Å². The highest BCUT2D eigenvalue weighted by Gasteiger charge is 2.11. The number of ether oxygens (including phenoxy) is 1. The summed E-state index contributed by atoms with van der Waals surface area (Å²) in [6.07, 6.45) is 1.24. The standard InChI is InChI=1S/C19H21N3O4/c1-13(2)16-9-8-14(3)10-18(16)26-12-19(23)21-20-11-15-6-4-5-7-17(15)22(24)25/h4-11,13H,12H2,1-3H3,(H,21,23). The van der Waals surface area contributed by atoms with Gasteiger partial charge in [-0.3, -0.25) is 14.9 Å². The van der Waals surface area contributed by atoms with E-state index in [-0.39, 0.29) is 18.2 Å². The van der Waals surface area contributed by atoms with Gasteiger partial charge in [0.1, 0.15) is 5.75 Å². The minimum absolute atomic E-state index is 0.0805. The van der Waals surface area contributed by atoms with Crippen molar-refractivity contribution in [1.82, 2.24) is 5.43 Å². The van der Waals surface area contributed by atoms with Gasteiger partial charge >= 0.3 is 0 Å². The van der Waals surface area contributed by atoms with Gasteiger partial charge in [0.05, 0.1) is 16.7 Å². The van der Waals surface area contributed by atoms with Crippen molar-refractivity contribution in [3.8, 4) is 5.75 Å². The number of nitrogens with one attached hydrogen (secondary N) is 1. The number of amides is 1. The fourth-order valence-corrected chi connectivity index (χ4v) is 2.36. The minimum Gasteiger partial charge on any atom is -0.483 e. The zero-order valence-electron chi connectivity index (χ0n) is 14.9. The van der Waals surface area contributed by atoms with Crippen molar-refractivity contribution in [1.29, 1.82) is 0 Å². The Bertz CT molecular complexity index is 831. The van der Waals surface area contributed by atoms with Gasteiger partial charge in [0, 0.05) is 6.07 Å². The third-order valence-corrected chi connectivity index (χ3v) is 3.68. The second kappa shape index (κ2) is 8.75. The van der Waals surface area contributed by atoms with Crippen molar-refractivity contribution in [3.05, 3.63) is 69.3 Å². The first-order valence-electron chi connectivity index (χ1n) is 8.17. The SMILES string of the molecule is Cc1ccc(C(C)C)c(OCC(=O)NN=Cc2ccccc2[N+](=O)[O-])c1. The first-order chi connectivity index (χ1) is 12.4. The lowest BCUT2D eigenvalue weighted by Crippen LogP contribution is -2.25. The molecule has 136 valence electrons. The molecular weight excluding hydrogens is 334 g/mol. The maximum absolute atomic E-state index is 11.9. The molecule has 0 saturated carbocycles. The number of hydrogen-bond donors (Lipinski definition) is 1. The largest absolute Gasteiger partial charge is 0.483 e. The predicted octanol–water partition coefficient (Wildman–Crippen LogP) is 3.56. The molecule has 0 atom stereocenters. The molecule has 2 rings (SSSR count). The molecule has 1 amide bonds. The molecule has 7 heteroatoms. The summed E-state index contributed by atoms with van der Waals surface area (Å²) in [6, 6.07) is 12.0. The normalized spacial score (nSPS) is 10.9. The lowest BCUT2D eigenvalue weighted by molar-refractivity contribution is -0.385. The molecule has 2 aromatic carbocycles. The molecule has 0 saturated heterocycles. The molecule has 0 bridgehead atoms. The maximum atomic E-state index is 11.9. The van der Waals surface area contributed by atoms with E-state index in [2.05, 4.69) is 24.4 Å². The zero-order valence-corrected chi connectivity index (χ0v) is 14.9. The van der Waals surface area contributed by atoms with Crippen molar-refractivity contribution in [3.63, 3.8) is 0 Å². The predicted molar refractivity (Wildman–Crippen MR) is 99.6 cm³/mol. The Hall–Kier alpha value is -3.22. The van der Waals surface area contributed by atoms with Crippen LogP contribution < -0.4 is 10.2 Å². The molecule has 0 fully saturated rings. The summed E-state index contributed by atoms with van der Waals surface area (Å²) in [5, 5.41) is 14.7. The van der Waals surface area contributed by atoms with E-state index in [4.69, 9.17) is 4.74 Å². The quantitative estimate of drug-likeness (QED) is 0.467. The Balaban J connectivity index is 1.96. The topological polar surface area (TPSA) is 93.8 Å². The molecule has 0 unspecified atom stereocenters. The van der Waals surface area contributed by atoms with Crippen LogP contribution in [0.3, 0.4) is 0 Å². The molecule has 2 aromatic rings. The number of nitrogens with zero attached hydrogens (tertiary/aromatic N) is 2. The first-order valence-corrected chi connectivity index (χ1v) is 8.17. The van der Waals surface area contributed by atoms with E-state index in [1.54, 1.807) is 18.2 Å². The molecule has 26 heavy (non-hydrogen) atoms. The number of benzene rings is 2. The van der Waals surface area contributed by atoms with Crippen LogP contribution in [0.15, 0.2) is 47.6 Å². The Morgan fingerprint density at radius 2 is 2.04 bits per heavy atom. The summed E-state index contributed by atoms with van der Waals surface area (Å²) in [7, 11) is 0. The molecule has 0 aliphatic rings. The van der Waals surface area contributed by atoms with Crippen molar-refractivity contribution in [2.75, 3.05) is 6.61 Å². The van der Waals surface area contributed by atoms with Gasteiger partial charge in [-0.05, 0) is 36.1 Å². The van der Waals surface area contributed by atoms with E-state index in [9.17, 15) is 14.9 Å². The molecular formula is C19H21N3O4. The van der Waals surface area contributed by atoms with Gasteiger partial charge in [0.15, 0.2) is 6.61 Å². The maximum Gasteiger partial charge on any atom is 0.278 e. The number of nitro groups is 1. The highest BCUT2D eigenvalue weighted by molar-refractivity contribution is 5.86. The van der Waals surface area contributed by atoms with Gasteiger partial charge in [0.2, 0.25) is 0 Å². The number of nitro benzene ring substituents is 1. The number of para-hydroxylation sites is 1. The van der Waals surface area contributed by atoms with Crippen LogP contribution >= 0.6 is 0 Å². The van der Waals surface area contributed by atoms with E-state index >= 15 is 0 Å². The third-order valence-electron chi connectivity index (χ3n) is 3.68. The van der Waals surface area contributed by atoms with Gasteiger partial charge < -0.3 is 4.74 Å². The van der Waals surface area contributed by atoms with Gasteiger partial charge in [-0.1, -0.05) is 38.1 Å². The lowest BCUT2D eigenvalue weighted by atomic mass is 10.0. The fourth-order valence-electron chi connectivity index (χ4n) is 2.36. The molecule has 7 nitrogen and oxygen atoms in total. The Morgan fingerprint density at radius 1 is 1.31 bits per heavy atom. The number of carbonyl (C=O) groups excluding carboxylic acids is 1. The average Bonchev–Trinajstić information content (AvgIpc) is 2.60. The number of hydrogen-bond acceptors (Lipinski definition) is 5. The molecule has 0 spiro atoms. The van der Waals surface area contributed by atoms with E-state index in [0.717, 1.165) is 11.1 Å². The second-order valence-corrected chi connectivity index (χ2v) is 6.09. The van der Waals surface area contributed by atoms with Crippen LogP contribution in [0.4, 0.5) is 5.69 Å². The van der Waals surface area contributed by atoms with Crippen molar-refractivity contribution in [2.45, 2.75) is 26.7 Å². The first kappa shape index (κ1) is 19.1. The lowest BCUT2D eigenvalue weighted by Gasteiger charge is -2.14. The number of aryl methyl sites for hydroxylation is 1. The Labute approximate surface area is 151 Å². The zero-order chi connectivity index (χ0) is 19.1. The molecule has 0 aliphatic carbocycles. The van der Waals surface area contributed by atoms with Crippen molar-refractivity contribution >= 4 is 17.8 Å². The van der Waals surface area contributed by atoms with E-state index < -0.39 is 10.8 Å². The van der Waals surface area contributed by atoms with Gasteiger partial charge in [0.25, 0.3) is 11.6 Å². The summed E-state index contributed by atoms with van der Waals surface area (Å²) in [4.78, 5) is 22.3. The fraction of sp³-hybridized carbons (Fsp3) is 0.263. The smallest absolute Gasteiger partial charge is 0.278 e. The molecule has 1 N–H and O–H groups in total. The van der Waals surface area contributed by atoms with Crippen molar-refractivity contribution < 1.29 is 14.5 Å². The van der Waals surface area contributed by atoms with Crippen LogP contribution in [0.5, 0.6) is 5.75 Å². The van der Waals surface area contributed by atoms with E-state index in [0.29, 0.717) is 11.3 Å². The number of carbonyl (C=O) groups is 1. The van der Waals surface area contributed by atoms with E-state index in [1.165, 1.54) is 12.3 Å². The third kappa shape index (κ3) is 5.14. The van der Waals surface area contributed by atoms with Gasteiger partial charge in [-0.2, -0.15) is 5.10 Å². The van der Waals surface area contributed by atoms with Crippen LogP contribution in [0.25, 0.3) is 0 Å². The van der Waals surface area contributed by atoms with E-state index in [1.807, 2.05) is 25.1 Å². The van der Waals surface area contributed by atoms with Crippen LogP contribution in [0.2, 0.25) is 0 Å². The molecule has 0 aliphatic heterocycles. The Morgan fingerprint density at radius 3 is 2.73 bits per heavy atom. The highest BCUT2D eigenvalue weighted by Crippen LogP contribution is 2.27. The highest BCUT2D eigenvalue weighted by atomic mass is 16.6. The van der Waals surface area contributed by atoms with Gasteiger partial charge in [-0.25, -0.2) is 5.43 Å². The van der Waals surface area contributed by atoms with Crippen LogP contribution in [-0.4, -0.2) is 23.7 Å². The number of rotatable bonds is 7. The molecule has 0 radical (unpaired) electrons. The summed E-state index contributed by atoms with van der Waals surface area (Å²) < 4.78 is 5.61. The molecule has 0 heterocycles. The summed E-state index contributed by atoms with van der Waals surface area (Å²) >= 11 is 0. The number of hydrazone groups is 1. The Kier molecular flexibility index (Phi) is 6.43. The monoisotopic (exact) mass is 355 g/mol. The average molecular weight is 355 g/mol. The van der Waals surface area contributed by atoms with Crippen molar-refractivity contribution in [2.24, 2.45) is 5.10 Å². The summed E-state index contributed by atoms with van der Waals surface area (Å²) in [5.41, 5.74) is 4.60.